The van der Waals surface area contributed by atoms with Crippen LogP contribution < -0.4 is 9.47 Å². The van der Waals surface area contributed by atoms with Gasteiger partial charge in [0, 0.05) is 11.6 Å². The second-order valence-electron chi connectivity index (χ2n) is 6.54. The fourth-order valence-corrected chi connectivity index (χ4v) is 3.01. The monoisotopic (exact) mass is 362 g/mol. The van der Waals surface area contributed by atoms with E-state index in [0.717, 1.165) is 41.0 Å². The van der Waals surface area contributed by atoms with Gasteiger partial charge in [0.2, 0.25) is 0 Å². The van der Waals surface area contributed by atoms with Gasteiger partial charge in [0.15, 0.2) is 0 Å². The van der Waals surface area contributed by atoms with Crippen LogP contribution in [0.3, 0.4) is 0 Å². The number of aromatic hydroxyl groups is 1. The number of phenols is 1. The minimum Gasteiger partial charge on any atom is -0.507 e. The van der Waals surface area contributed by atoms with E-state index in [1.807, 2.05) is 36.4 Å². The van der Waals surface area contributed by atoms with E-state index in [9.17, 15) is 5.11 Å². The molecule has 0 saturated heterocycles. The highest BCUT2D eigenvalue weighted by atomic mass is 16.5. The van der Waals surface area contributed by atoms with Crippen LogP contribution in [-0.2, 0) is 0 Å². The molecule has 0 spiro atoms. The summed E-state index contributed by atoms with van der Waals surface area (Å²) in [4.78, 5) is 0. The van der Waals surface area contributed by atoms with E-state index in [2.05, 4.69) is 31.2 Å². The number of hydrogen-bond donors (Lipinski definition) is 1. The minimum absolute atomic E-state index is 0.215. The molecule has 1 N–H and O–H groups in total. The Morgan fingerprint density at radius 1 is 0.741 bits per heavy atom. The van der Waals surface area contributed by atoms with Gasteiger partial charge in [-0.15, -0.1) is 0 Å². The zero-order valence-electron chi connectivity index (χ0n) is 15.9. The van der Waals surface area contributed by atoms with E-state index in [1.165, 1.54) is 12.8 Å². The highest BCUT2D eigenvalue weighted by molar-refractivity contribution is 5.74. The van der Waals surface area contributed by atoms with Crippen molar-refractivity contribution in [1.82, 2.24) is 0 Å². The molecular formula is C24H26O3. The van der Waals surface area contributed by atoms with Crippen LogP contribution in [0.5, 0.6) is 17.2 Å². The van der Waals surface area contributed by atoms with Gasteiger partial charge in [-0.3, -0.25) is 0 Å². The van der Waals surface area contributed by atoms with Crippen LogP contribution in [0.4, 0.5) is 0 Å². The lowest BCUT2D eigenvalue weighted by molar-refractivity contribution is 0.306. The summed E-state index contributed by atoms with van der Waals surface area (Å²) in [6.45, 7) is 2.96. The molecule has 3 heteroatoms. The van der Waals surface area contributed by atoms with Crippen LogP contribution in [0.15, 0.2) is 66.7 Å². The van der Waals surface area contributed by atoms with Gasteiger partial charge in [-0.05, 0) is 47.4 Å². The Morgan fingerprint density at radius 3 is 1.93 bits per heavy atom. The predicted molar refractivity (Wildman–Crippen MR) is 111 cm³/mol. The zero-order valence-corrected chi connectivity index (χ0v) is 15.9. The van der Waals surface area contributed by atoms with E-state index in [0.29, 0.717) is 5.75 Å². The first kappa shape index (κ1) is 18.8. The molecule has 0 aliphatic carbocycles. The smallest absolute Gasteiger partial charge is 0.127 e. The summed E-state index contributed by atoms with van der Waals surface area (Å²) in [5.41, 5.74) is 4.03. The summed E-state index contributed by atoms with van der Waals surface area (Å²) in [6.07, 6.45) is 3.50. The molecule has 3 aromatic carbocycles. The van der Waals surface area contributed by atoms with E-state index >= 15 is 0 Å². The molecule has 0 radical (unpaired) electrons. The molecule has 0 aromatic heterocycles. The van der Waals surface area contributed by atoms with Crippen LogP contribution in [0.2, 0.25) is 0 Å². The zero-order chi connectivity index (χ0) is 19.1. The average molecular weight is 362 g/mol. The highest BCUT2D eigenvalue weighted by Gasteiger charge is 2.07. The van der Waals surface area contributed by atoms with Crippen molar-refractivity contribution in [3.63, 3.8) is 0 Å². The molecule has 0 fully saturated rings. The summed E-state index contributed by atoms with van der Waals surface area (Å²) < 4.78 is 10.9. The third-order valence-electron chi connectivity index (χ3n) is 4.61. The van der Waals surface area contributed by atoms with Gasteiger partial charge in [0.05, 0.1) is 13.7 Å². The van der Waals surface area contributed by atoms with Crippen molar-refractivity contribution in [1.29, 1.82) is 0 Å². The maximum absolute atomic E-state index is 10.2. The van der Waals surface area contributed by atoms with Crippen molar-refractivity contribution < 1.29 is 14.6 Å². The highest BCUT2D eigenvalue weighted by Crippen LogP contribution is 2.33. The maximum Gasteiger partial charge on any atom is 0.127 e. The van der Waals surface area contributed by atoms with Gasteiger partial charge in [-0.25, -0.2) is 0 Å². The Kier molecular flexibility index (Phi) is 6.37. The van der Waals surface area contributed by atoms with Gasteiger partial charge in [-0.1, -0.05) is 56.2 Å². The third-order valence-corrected chi connectivity index (χ3v) is 4.61. The first-order valence-electron chi connectivity index (χ1n) is 9.42. The number of hydrogen-bond acceptors (Lipinski definition) is 3. The Morgan fingerprint density at radius 2 is 1.33 bits per heavy atom. The standard InChI is InChI=1S/C24H26O3/c1-3-4-5-16-27-21-12-10-19(11-13-21)18-6-8-20(9-7-18)23-15-14-22(26-2)17-24(23)25/h6-15,17,25H,3-5,16H2,1-2H3. The van der Waals surface area contributed by atoms with Gasteiger partial charge < -0.3 is 14.6 Å². The fraction of sp³-hybridized carbons (Fsp3) is 0.250. The summed E-state index contributed by atoms with van der Waals surface area (Å²) in [6, 6.07) is 21.7. The van der Waals surface area contributed by atoms with Crippen molar-refractivity contribution in [3.05, 3.63) is 66.7 Å². The fourth-order valence-electron chi connectivity index (χ4n) is 3.01. The molecule has 0 atom stereocenters. The number of unbranched alkanes of at least 4 members (excludes halogenated alkanes) is 2. The molecule has 0 bridgehead atoms. The molecule has 0 amide bonds. The summed E-state index contributed by atoms with van der Waals surface area (Å²) in [5.74, 6) is 1.77. The number of rotatable bonds is 8. The van der Waals surface area contributed by atoms with Gasteiger partial charge in [0.1, 0.15) is 17.2 Å². The second-order valence-corrected chi connectivity index (χ2v) is 6.54. The summed E-state index contributed by atoms with van der Waals surface area (Å²) >= 11 is 0. The van der Waals surface area contributed by atoms with Crippen LogP contribution in [-0.4, -0.2) is 18.8 Å². The predicted octanol–water partition coefficient (Wildman–Crippen LogP) is 6.30. The average Bonchev–Trinajstić information content (AvgIpc) is 2.72. The van der Waals surface area contributed by atoms with Gasteiger partial charge in [-0.2, -0.15) is 0 Å². The maximum atomic E-state index is 10.2. The Labute approximate surface area is 161 Å². The van der Waals surface area contributed by atoms with E-state index < -0.39 is 0 Å². The summed E-state index contributed by atoms with van der Waals surface area (Å²) in [7, 11) is 1.59. The Bertz CT molecular complexity index is 852. The first-order chi connectivity index (χ1) is 13.2. The van der Waals surface area contributed by atoms with Crippen LogP contribution in [0, 0.1) is 0 Å². The molecule has 3 rings (SSSR count). The van der Waals surface area contributed by atoms with Crippen molar-refractivity contribution in [3.8, 4) is 39.5 Å². The molecule has 0 unspecified atom stereocenters. The first-order valence-corrected chi connectivity index (χ1v) is 9.42. The molecular weight excluding hydrogens is 336 g/mol. The van der Waals surface area contributed by atoms with Crippen LogP contribution in [0.25, 0.3) is 22.3 Å². The van der Waals surface area contributed by atoms with E-state index in [-0.39, 0.29) is 5.75 Å². The molecule has 3 aromatic rings. The normalized spacial score (nSPS) is 10.6. The molecule has 3 nitrogen and oxygen atoms in total. The third kappa shape index (κ3) is 4.82. The topological polar surface area (TPSA) is 38.7 Å². The van der Waals surface area contributed by atoms with E-state index in [4.69, 9.17) is 9.47 Å². The number of phenolic OH excluding ortho intramolecular Hbond substituents is 1. The molecule has 140 valence electrons. The van der Waals surface area contributed by atoms with Crippen molar-refractivity contribution in [2.24, 2.45) is 0 Å². The van der Waals surface area contributed by atoms with Gasteiger partial charge in [0.25, 0.3) is 0 Å². The van der Waals surface area contributed by atoms with Crippen molar-refractivity contribution in [2.75, 3.05) is 13.7 Å². The van der Waals surface area contributed by atoms with Crippen LogP contribution in [0.1, 0.15) is 26.2 Å². The summed E-state index contributed by atoms with van der Waals surface area (Å²) in [5, 5.41) is 10.2. The molecule has 0 heterocycles. The van der Waals surface area contributed by atoms with E-state index in [1.54, 1.807) is 13.2 Å². The molecule has 27 heavy (non-hydrogen) atoms. The Hall–Kier alpha value is -2.94. The van der Waals surface area contributed by atoms with Crippen molar-refractivity contribution >= 4 is 0 Å². The van der Waals surface area contributed by atoms with Gasteiger partial charge >= 0.3 is 0 Å². The quantitative estimate of drug-likeness (QED) is 0.478. The molecule has 0 aliphatic heterocycles. The van der Waals surface area contributed by atoms with Crippen LogP contribution >= 0.6 is 0 Å². The molecule has 0 saturated carbocycles. The molecule has 0 aliphatic rings. The largest absolute Gasteiger partial charge is 0.507 e. The Balaban J connectivity index is 1.70. The minimum atomic E-state index is 0.215. The SMILES string of the molecule is CCCCCOc1ccc(-c2ccc(-c3ccc(OC)cc3O)cc2)cc1. The lowest BCUT2D eigenvalue weighted by atomic mass is 9.99. The lowest BCUT2D eigenvalue weighted by Crippen LogP contribution is -1.96. The lowest BCUT2D eigenvalue weighted by Gasteiger charge is -2.09. The van der Waals surface area contributed by atoms with Crippen molar-refractivity contribution in [2.45, 2.75) is 26.2 Å². The number of benzene rings is 3. The number of ether oxygens (including phenoxy) is 2. The second kappa shape index (κ2) is 9.13. The number of methoxy groups -OCH3 is 1.